The van der Waals surface area contributed by atoms with E-state index in [9.17, 15) is 9.59 Å². The monoisotopic (exact) mass is 473 g/mol. The molecule has 2 unspecified atom stereocenters. The standard InChI is InChI=1S/C25H25Cl2NO4/c1-13(2)32-22-7-4-14(10-23(22)31-3)15-8-20-25(21(29)9-15)18(12-24(30)28-20)17-6-5-16(26)11-19(17)27/h4-7,10-11,13,15,18H,8-9,12H2,1-3H3,(H,28,30). The van der Waals surface area contributed by atoms with Crippen LogP contribution in [0.2, 0.25) is 10.0 Å². The number of ether oxygens (including phenoxy) is 2. The molecule has 1 heterocycles. The van der Waals surface area contributed by atoms with Crippen molar-refractivity contribution in [2.75, 3.05) is 7.11 Å². The molecular weight excluding hydrogens is 449 g/mol. The smallest absolute Gasteiger partial charge is 0.225 e. The lowest BCUT2D eigenvalue weighted by Gasteiger charge is -2.35. The zero-order valence-electron chi connectivity index (χ0n) is 18.2. The molecule has 2 atom stereocenters. The third kappa shape index (κ3) is 4.50. The molecule has 5 nitrogen and oxygen atoms in total. The van der Waals surface area contributed by atoms with Gasteiger partial charge in [-0.05, 0) is 61.6 Å². The Balaban J connectivity index is 1.68. The second-order valence-corrected chi connectivity index (χ2v) is 9.31. The van der Waals surface area contributed by atoms with Gasteiger partial charge in [-0.2, -0.15) is 0 Å². The Hall–Kier alpha value is -2.50. The predicted molar refractivity (Wildman–Crippen MR) is 125 cm³/mol. The van der Waals surface area contributed by atoms with E-state index < -0.39 is 0 Å². The molecule has 1 aliphatic carbocycles. The average molecular weight is 474 g/mol. The maximum absolute atomic E-state index is 13.3. The van der Waals surface area contributed by atoms with E-state index in [1.807, 2.05) is 32.0 Å². The number of ketones is 1. The topological polar surface area (TPSA) is 64.6 Å². The maximum atomic E-state index is 13.3. The van der Waals surface area contributed by atoms with Crippen LogP contribution in [0.1, 0.15) is 56.1 Å². The lowest BCUT2D eigenvalue weighted by atomic mass is 9.73. The molecule has 0 bridgehead atoms. The quantitative estimate of drug-likeness (QED) is 0.596. The van der Waals surface area contributed by atoms with Gasteiger partial charge in [0.15, 0.2) is 17.3 Å². The van der Waals surface area contributed by atoms with Gasteiger partial charge in [0.25, 0.3) is 0 Å². The summed E-state index contributed by atoms with van der Waals surface area (Å²) in [5, 5.41) is 3.92. The lowest BCUT2D eigenvalue weighted by molar-refractivity contribution is -0.122. The molecule has 2 aliphatic rings. The molecule has 0 radical (unpaired) electrons. The van der Waals surface area contributed by atoms with Crippen molar-refractivity contribution in [2.45, 2.75) is 51.0 Å². The van der Waals surface area contributed by atoms with Crippen LogP contribution in [0, 0.1) is 0 Å². The van der Waals surface area contributed by atoms with E-state index in [1.54, 1.807) is 25.3 Å². The van der Waals surface area contributed by atoms with Crippen LogP contribution in [0.3, 0.4) is 0 Å². The molecular formula is C25H25Cl2NO4. The second kappa shape index (κ2) is 9.16. The highest BCUT2D eigenvalue weighted by Crippen LogP contribution is 2.45. The van der Waals surface area contributed by atoms with Crippen molar-refractivity contribution < 1.29 is 19.1 Å². The molecule has 0 saturated heterocycles. The minimum absolute atomic E-state index is 0.0211. The number of amides is 1. The first kappa shape index (κ1) is 22.7. The van der Waals surface area contributed by atoms with Gasteiger partial charge in [0.1, 0.15) is 0 Å². The summed E-state index contributed by atoms with van der Waals surface area (Å²) in [4.78, 5) is 25.8. The summed E-state index contributed by atoms with van der Waals surface area (Å²) in [6.07, 6.45) is 1.12. The summed E-state index contributed by atoms with van der Waals surface area (Å²) in [6, 6.07) is 10.9. The molecule has 4 rings (SSSR count). The van der Waals surface area contributed by atoms with E-state index in [1.165, 1.54) is 0 Å². The molecule has 1 N–H and O–H groups in total. The predicted octanol–water partition coefficient (Wildman–Crippen LogP) is 5.79. The summed E-state index contributed by atoms with van der Waals surface area (Å²) in [6.45, 7) is 3.91. The van der Waals surface area contributed by atoms with E-state index in [-0.39, 0.29) is 36.1 Å². The van der Waals surface area contributed by atoms with Gasteiger partial charge in [-0.3, -0.25) is 9.59 Å². The number of halogens is 2. The summed E-state index contributed by atoms with van der Waals surface area (Å²) >= 11 is 12.5. The van der Waals surface area contributed by atoms with Crippen LogP contribution in [-0.2, 0) is 9.59 Å². The van der Waals surface area contributed by atoms with Crippen molar-refractivity contribution >= 4 is 34.9 Å². The van der Waals surface area contributed by atoms with Crippen LogP contribution in [0.15, 0.2) is 47.7 Å². The number of allylic oxidation sites excluding steroid dienone is 2. The molecule has 1 aliphatic heterocycles. The number of hydrogen-bond donors (Lipinski definition) is 1. The molecule has 0 spiro atoms. The molecule has 0 fully saturated rings. The number of Topliss-reactive ketones (excluding diaryl/α,β-unsaturated/α-hetero) is 1. The third-order valence-electron chi connectivity index (χ3n) is 5.90. The number of nitrogens with one attached hydrogen (secondary N) is 1. The Morgan fingerprint density at radius 2 is 1.78 bits per heavy atom. The SMILES string of the molecule is COc1cc(C2CC(=O)C3=C(C2)NC(=O)CC3c2ccc(Cl)cc2Cl)ccc1OC(C)C. The highest BCUT2D eigenvalue weighted by atomic mass is 35.5. The lowest BCUT2D eigenvalue weighted by Crippen LogP contribution is -2.38. The fourth-order valence-corrected chi connectivity index (χ4v) is 5.08. The van der Waals surface area contributed by atoms with Crippen LogP contribution >= 0.6 is 23.2 Å². The Bertz CT molecular complexity index is 1110. The number of rotatable bonds is 5. The normalized spacial score (nSPS) is 20.8. The number of carbonyl (C=O) groups excluding carboxylic acids is 2. The number of benzene rings is 2. The van der Waals surface area contributed by atoms with Crippen molar-refractivity contribution in [2.24, 2.45) is 0 Å². The van der Waals surface area contributed by atoms with Crippen molar-refractivity contribution in [3.05, 3.63) is 68.8 Å². The first-order chi connectivity index (χ1) is 15.3. The van der Waals surface area contributed by atoms with Crippen LogP contribution in [-0.4, -0.2) is 24.9 Å². The minimum atomic E-state index is -0.367. The van der Waals surface area contributed by atoms with E-state index in [2.05, 4.69) is 5.32 Å². The molecule has 1 amide bonds. The fourth-order valence-electron chi connectivity index (χ4n) is 4.54. The Kier molecular flexibility index (Phi) is 6.50. The van der Waals surface area contributed by atoms with Crippen molar-refractivity contribution in [1.82, 2.24) is 5.32 Å². The van der Waals surface area contributed by atoms with Gasteiger partial charge in [-0.1, -0.05) is 35.3 Å². The largest absolute Gasteiger partial charge is 0.493 e. The molecule has 0 saturated carbocycles. The third-order valence-corrected chi connectivity index (χ3v) is 6.46. The summed E-state index contributed by atoms with van der Waals surface area (Å²) in [5.74, 6) is 0.759. The zero-order chi connectivity index (χ0) is 23.0. The highest BCUT2D eigenvalue weighted by Gasteiger charge is 2.39. The van der Waals surface area contributed by atoms with Crippen molar-refractivity contribution in [3.63, 3.8) is 0 Å². The molecule has 2 aromatic rings. The first-order valence-electron chi connectivity index (χ1n) is 10.6. The second-order valence-electron chi connectivity index (χ2n) is 8.47. The average Bonchev–Trinajstić information content (AvgIpc) is 2.72. The Morgan fingerprint density at radius 3 is 2.47 bits per heavy atom. The van der Waals surface area contributed by atoms with Gasteiger partial charge in [0.05, 0.1) is 13.2 Å². The van der Waals surface area contributed by atoms with Gasteiger partial charge in [0.2, 0.25) is 5.91 Å². The first-order valence-corrected chi connectivity index (χ1v) is 11.4. The minimum Gasteiger partial charge on any atom is -0.493 e. The van der Waals surface area contributed by atoms with Gasteiger partial charge < -0.3 is 14.8 Å². The van der Waals surface area contributed by atoms with E-state index in [0.717, 1.165) is 11.1 Å². The Morgan fingerprint density at radius 1 is 1.00 bits per heavy atom. The van der Waals surface area contributed by atoms with Gasteiger partial charge in [-0.15, -0.1) is 0 Å². The molecule has 2 aromatic carbocycles. The highest BCUT2D eigenvalue weighted by molar-refractivity contribution is 6.35. The van der Waals surface area contributed by atoms with Gasteiger partial charge >= 0.3 is 0 Å². The van der Waals surface area contributed by atoms with Crippen LogP contribution in [0.25, 0.3) is 0 Å². The maximum Gasteiger partial charge on any atom is 0.225 e. The van der Waals surface area contributed by atoms with E-state index in [4.69, 9.17) is 32.7 Å². The van der Waals surface area contributed by atoms with Crippen LogP contribution in [0.5, 0.6) is 11.5 Å². The number of hydrogen-bond acceptors (Lipinski definition) is 4. The van der Waals surface area contributed by atoms with E-state index >= 15 is 0 Å². The van der Waals surface area contributed by atoms with E-state index in [0.29, 0.717) is 45.7 Å². The van der Waals surface area contributed by atoms with Gasteiger partial charge in [0, 0.05) is 40.1 Å². The molecule has 7 heteroatoms. The summed E-state index contributed by atoms with van der Waals surface area (Å²) < 4.78 is 11.3. The Labute approximate surface area is 197 Å². The van der Waals surface area contributed by atoms with Crippen LogP contribution < -0.4 is 14.8 Å². The molecule has 0 aromatic heterocycles. The number of carbonyl (C=O) groups is 2. The molecule has 32 heavy (non-hydrogen) atoms. The zero-order valence-corrected chi connectivity index (χ0v) is 19.7. The molecule has 168 valence electrons. The number of methoxy groups -OCH3 is 1. The summed E-state index contributed by atoms with van der Waals surface area (Å²) in [7, 11) is 1.60. The van der Waals surface area contributed by atoms with Crippen molar-refractivity contribution in [3.8, 4) is 11.5 Å². The van der Waals surface area contributed by atoms with Crippen molar-refractivity contribution in [1.29, 1.82) is 0 Å². The fraction of sp³-hybridized carbons (Fsp3) is 0.360. The van der Waals surface area contributed by atoms with Gasteiger partial charge in [-0.25, -0.2) is 0 Å². The van der Waals surface area contributed by atoms with Crippen LogP contribution in [0.4, 0.5) is 0 Å². The summed E-state index contributed by atoms with van der Waals surface area (Å²) in [5.41, 5.74) is 3.05.